The van der Waals surface area contributed by atoms with Gasteiger partial charge in [0.05, 0.1) is 12.0 Å². The Kier molecular flexibility index (Phi) is 1.28. The molecular weight excluding hydrogens is 164 g/mol. The van der Waals surface area contributed by atoms with E-state index in [0.717, 1.165) is 0 Å². The maximum atomic E-state index is 10.8. The SMILES string of the molecule is N=C1CC(=O)N=C2SC=NN12. The number of rotatable bonds is 0. The van der Waals surface area contributed by atoms with Gasteiger partial charge in [-0.3, -0.25) is 10.2 Å². The molecule has 0 fully saturated rings. The van der Waals surface area contributed by atoms with E-state index >= 15 is 0 Å². The molecule has 2 heterocycles. The van der Waals surface area contributed by atoms with Crippen molar-refractivity contribution in [2.24, 2.45) is 10.1 Å². The van der Waals surface area contributed by atoms with Crippen LogP contribution in [0.25, 0.3) is 0 Å². The molecule has 0 unspecified atom stereocenters. The van der Waals surface area contributed by atoms with Crippen LogP contribution in [0.1, 0.15) is 6.42 Å². The molecule has 0 bridgehead atoms. The molecule has 2 rings (SSSR count). The average molecular weight is 168 g/mol. The second kappa shape index (κ2) is 2.16. The normalized spacial score (nSPS) is 22.2. The Bertz CT molecular complexity index is 295. The van der Waals surface area contributed by atoms with Crippen LogP contribution in [-0.2, 0) is 4.79 Å². The van der Waals surface area contributed by atoms with Crippen LogP contribution in [0.2, 0.25) is 0 Å². The van der Waals surface area contributed by atoms with Gasteiger partial charge in [0.2, 0.25) is 0 Å². The fourth-order valence-electron chi connectivity index (χ4n) is 0.840. The van der Waals surface area contributed by atoms with Crippen molar-refractivity contribution >= 4 is 34.2 Å². The van der Waals surface area contributed by atoms with Crippen LogP contribution >= 0.6 is 11.8 Å². The van der Waals surface area contributed by atoms with Gasteiger partial charge in [0.1, 0.15) is 5.84 Å². The summed E-state index contributed by atoms with van der Waals surface area (Å²) in [5.41, 5.74) is 1.56. The van der Waals surface area contributed by atoms with Gasteiger partial charge in [0, 0.05) is 0 Å². The third kappa shape index (κ3) is 0.949. The number of thioether (sulfide) groups is 1. The second-order valence-corrected chi connectivity index (χ2v) is 2.87. The summed E-state index contributed by atoms with van der Waals surface area (Å²) in [6.45, 7) is 0. The molecule has 1 N–H and O–H groups in total. The van der Waals surface area contributed by atoms with E-state index in [1.807, 2.05) is 0 Å². The first kappa shape index (κ1) is 6.53. The molecule has 0 aromatic carbocycles. The van der Waals surface area contributed by atoms with Crippen molar-refractivity contribution in [2.45, 2.75) is 6.42 Å². The first-order chi connectivity index (χ1) is 5.27. The van der Waals surface area contributed by atoms with Crippen LogP contribution in [0.4, 0.5) is 0 Å². The zero-order chi connectivity index (χ0) is 7.84. The largest absolute Gasteiger partial charge is 0.286 e. The minimum atomic E-state index is -0.265. The van der Waals surface area contributed by atoms with Crippen LogP contribution in [0, 0.1) is 5.41 Å². The highest BCUT2D eigenvalue weighted by Crippen LogP contribution is 2.19. The molecule has 0 atom stereocenters. The predicted molar refractivity (Wildman–Crippen MR) is 42.7 cm³/mol. The van der Waals surface area contributed by atoms with E-state index in [1.165, 1.54) is 16.8 Å². The number of nitrogens with one attached hydrogen (secondary N) is 1. The van der Waals surface area contributed by atoms with Crippen molar-refractivity contribution in [1.29, 1.82) is 5.41 Å². The van der Waals surface area contributed by atoms with Gasteiger partial charge in [0.25, 0.3) is 5.91 Å². The molecule has 0 saturated carbocycles. The van der Waals surface area contributed by atoms with Crippen molar-refractivity contribution in [2.75, 3.05) is 0 Å². The Morgan fingerprint density at radius 3 is 3.36 bits per heavy atom. The summed E-state index contributed by atoms with van der Waals surface area (Å²) in [5.74, 6) is -0.0690. The number of amides is 1. The van der Waals surface area contributed by atoms with Gasteiger partial charge in [-0.2, -0.15) is 15.1 Å². The fourth-order valence-corrected chi connectivity index (χ4v) is 1.49. The van der Waals surface area contributed by atoms with Gasteiger partial charge in [-0.05, 0) is 11.8 Å². The van der Waals surface area contributed by atoms with E-state index in [0.29, 0.717) is 5.17 Å². The molecule has 0 aromatic heterocycles. The maximum Gasteiger partial charge on any atom is 0.255 e. The highest BCUT2D eigenvalue weighted by molar-refractivity contribution is 8.25. The Labute approximate surface area is 66.7 Å². The lowest BCUT2D eigenvalue weighted by atomic mass is 10.3. The van der Waals surface area contributed by atoms with Crippen LogP contribution in [0.5, 0.6) is 0 Å². The number of hydrogen-bond acceptors (Lipinski definition) is 4. The summed E-state index contributed by atoms with van der Waals surface area (Å²) in [5, 5.41) is 13.0. The van der Waals surface area contributed by atoms with Crippen LogP contribution in [-0.4, -0.2) is 27.5 Å². The monoisotopic (exact) mass is 168 g/mol. The van der Waals surface area contributed by atoms with E-state index in [-0.39, 0.29) is 18.2 Å². The number of fused-ring (bicyclic) bond motifs is 1. The van der Waals surface area contributed by atoms with Crippen molar-refractivity contribution in [3.05, 3.63) is 0 Å². The molecule has 2 aliphatic heterocycles. The van der Waals surface area contributed by atoms with E-state index < -0.39 is 0 Å². The Morgan fingerprint density at radius 2 is 2.55 bits per heavy atom. The molecule has 0 spiro atoms. The molecular formula is C5H4N4OS. The van der Waals surface area contributed by atoms with E-state index in [1.54, 1.807) is 5.55 Å². The Balaban J connectivity index is 2.40. The van der Waals surface area contributed by atoms with E-state index in [4.69, 9.17) is 5.41 Å². The summed E-state index contributed by atoms with van der Waals surface area (Å²) in [6.07, 6.45) is 0.0569. The van der Waals surface area contributed by atoms with E-state index in [9.17, 15) is 4.79 Å². The topological polar surface area (TPSA) is 68.9 Å². The lowest BCUT2D eigenvalue weighted by Crippen LogP contribution is -2.33. The number of hydrazone groups is 1. The molecule has 2 aliphatic rings. The molecule has 0 aromatic rings. The molecule has 5 nitrogen and oxygen atoms in total. The van der Waals surface area contributed by atoms with Crippen LogP contribution in [0.3, 0.4) is 0 Å². The van der Waals surface area contributed by atoms with Gasteiger partial charge in [-0.1, -0.05) is 0 Å². The van der Waals surface area contributed by atoms with Gasteiger partial charge in [0.15, 0.2) is 5.17 Å². The Hall–Kier alpha value is -1.17. The maximum absolute atomic E-state index is 10.8. The summed E-state index contributed by atoms with van der Waals surface area (Å²) in [4.78, 5) is 14.5. The number of hydrogen-bond donors (Lipinski definition) is 1. The van der Waals surface area contributed by atoms with Crippen molar-refractivity contribution in [3.8, 4) is 0 Å². The van der Waals surface area contributed by atoms with Gasteiger partial charge < -0.3 is 0 Å². The molecule has 1 amide bonds. The highest BCUT2D eigenvalue weighted by atomic mass is 32.2. The van der Waals surface area contributed by atoms with Gasteiger partial charge >= 0.3 is 0 Å². The molecule has 56 valence electrons. The lowest BCUT2D eigenvalue weighted by Gasteiger charge is -2.17. The second-order valence-electron chi connectivity index (χ2n) is 2.06. The summed E-state index contributed by atoms with van der Waals surface area (Å²) >= 11 is 1.26. The minimum Gasteiger partial charge on any atom is -0.286 e. The van der Waals surface area contributed by atoms with Crippen LogP contribution < -0.4 is 0 Å². The number of nitrogens with zero attached hydrogens (tertiary/aromatic N) is 3. The number of amidine groups is 2. The summed E-state index contributed by atoms with van der Waals surface area (Å²) in [7, 11) is 0. The zero-order valence-electron chi connectivity index (χ0n) is 5.44. The molecule has 11 heavy (non-hydrogen) atoms. The molecule has 0 saturated heterocycles. The number of aliphatic imine (C=N–C) groups is 1. The first-order valence-electron chi connectivity index (χ1n) is 2.95. The summed E-state index contributed by atoms with van der Waals surface area (Å²) < 4.78 is 0. The third-order valence-electron chi connectivity index (χ3n) is 1.30. The smallest absolute Gasteiger partial charge is 0.255 e. The lowest BCUT2D eigenvalue weighted by molar-refractivity contribution is -0.117. The van der Waals surface area contributed by atoms with Gasteiger partial charge in [-0.25, -0.2) is 0 Å². The quantitative estimate of drug-likeness (QED) is 0.563. The molecule has 0 aliphatic carbocycles. The average Bonchev–Trinajstić information content (AvgIpc) is 2.34. The fraction of sp³-hybridized carbons (Fsp3) is 0.200. The first-order valence-corrected chi connectivity index (χ1v) is 3.83. The van der Waals surface area contributed by atoms with Crippen molar-refractivity contribution in [1.82, 2.24) is 5.01 Å². The number of carbonyl (C=O) groups is 1. The van der Waals surface area contributed by atoms with Crippen molar-refractivity contribution < 1.29 is 4.79 Å². The van der Waals surface area contributed by atoms with Crippen LogP contribution in [0.15, 0.2) is 10.1 Å². The standard InChI is InChI=1S/C5H4N4OS/c6-3-1-4(10)8-5-9(3)7-2-11-5/h2,6H,1H2. The number of carbonyl (C=O) groups excluding carboxylic acids is 1. The summed E-state index contributed by atoms with van der Waals surface area (Å²) in [6, 6.07) is 0. The van der Waals surface area contributed by atoms with Crippen molar-refractivity contribution in [3.63, 3.8) is 0 Å². The van der Waals surface area contributed by atoms with Gasteiger partial charge in [-0.15, -0.1) is 0 Å². The molecule has 6 heteroatoms. The van der Waals surface area contributed by atoms with E-state index in [2.05, 4.69) is 10.1 Å². The predicted octanol–water partition coefficient (Wildman–Crippen LogP) is 0.242. The third-order valence-corrected chi connectivity index (χ3v) is 1.97. The minimum absolute atomic E-state index is 0.0569. The Morgan fingerprint density at radius 1 is 1.73 bits per heavy atom. The zero-order valence-corrected chi connectivity index (χ0v) is 6.26. The molecule has 0 radical (unpaired) electrons. The highest BCUT2D eigenvalue weighted by Gasteiger charge is 2.27.